The van der Waals surface area contributed by atoms with Gasteiger partial charge in [-0.3, -0.25) is 9.69 Å². The predicted octanol–water partition coefficient (Wildman–Crippen LogP) is 6.21. The summed E-state index contributed by atoms with van der Waals surface area (Å²) in [5, 5.41) is 10.6. The largest absolute Gasteiger partial charge is 0.461 e. The maximum absolute atomic E-state index is 16.9. The highest BCUT2D eigenvalue weighted by Crippen LogP contribution is 2.46. The number of nitrogen functional groups attached to an aromatic ring is 1. The van der Waals surface area contributed by atoms with Crippen molar-refractivity contribution in [2.45, 2.75) is 51.1 Å². The molecule has 2 fully saturated rings. The number of anilines is 2. The highest BCUT2D eigenvalue weighted by Gasteiger charge is 2.39. The summed E-state index contributed by atoms with van der Waals surface area (Å²) in [5.41, 5.74) is 6.16. The first kappa shape index (κ1) is 31.2. The van der Waals surface area contributed by atoms with Crippen molar-refractivity contribution in [1.82, 2.24) is 19.8 Å². The zero-order valence-corrected chi connectivity index (χ0v) is 26.9. The van der Waals surface area contributed by atoms with E-state index in [4.69, 9.17) is 27.1 Å². The Morgan fingerprint density at radius 1 is 1.29 bits per heavy atom. The Kier molecular flexibility index (Phi) is 8.45. The molecule has 0 aliphatic carbocycles. The topological polar surface area (TPSA) is 112 Å². The van der Waals surface area contributed by atoms with E-state index in [9.17, 15) is 14.4 Å². The Labute approximate surface area is 269 Å². The number of hydrogen-bond donors (Lipinski definition) is 1. The lowest BCUT2D eigenvalue weighted by atomic mass is 9.92. The summed E-state index contributed by atoms with van der Waals surface area (Å²) in [6, 6.07) is 6.17. The maximum atomic E-state index is 16.9. The second kappa shape index (κ2) is 12.2. The summed E-state index contributed by atoms with van der Waals surface area (Å²) in [4.78, 5) is 26.9. The molecule has 0 saturated carbocycles. The van der Waals surface area contributed by atoms with Crippen LogP contribution in [0, 0.1) is 23.0 Å². The summed E-state index contributed by atoms with van der Waals surface area (Å²) in [5.74, 6) is -0.856. The normalized spacial score (nSPS) is 20.7. The van der Waals surface area contributed by atoms with Gasteiger partial charge in [-0.05, 0) is 57.5 Å². The molecule has 236 valence electrons. The van der Waals surface area contributed by atoms with Gasteiger partial charge in [0.2, 0.25) is 6.41 Å². The summed E-state index contributed by atoms with van der Waals surface area (Å²) in [6.45, 7) is 6.83. The van der Waals surface area contributed by atoms with E-state index in [2.05, 4.69) is 23.9 Å². The molecule has 45 heavy (non-hydrogen) atoms. The van der Waals surface area contributed by atoms with Crippen molar-refractivity contribution in [1.29, 1.82) is 5.26 Å². The van der Waals surface area contributed by atoms with E-state index in [1.54, 1.807) is 11.0 Å². The van der Waals surface area contributed by atoms with Crippen LogP contribution in [0.4, 0.5) is 19.6 Å². The third-order valence-electron chi connectivity index (χ3n) is 9.25. The van der Waals surface area contributed by atoms with Crippen LogP contribution in [0.25, 0.3) is 32.1 Å². The molecule has 2 aliphatic heterocycles. The van der Waals surface area contributed by atoms with Crippen LogP contribution in [0.3, 0.4) is 0 Å². The minimum atomic E-state index is -0.743. The molecular formula is C32H34ClF2N7O2S. The minimum absolute atomic E-state index is 0.0112. The Bertz CT molecular complexity index is 1850. The lowest BCUT2D eigenvalue weighted by Gasteiger charge is -2.39. The molecule has 2 N–H and O–H groups in total. The maximum Gasteiger partial charge on any atom is 0.319 e. The fourth-order valence-corrected chi connectivity index (χ4v) is 8.15. The SMILES string of the molecule is CCCC1(COc2nc(N3CCN(C=O)CC3C)c3cc(Cl)c(-c4ccc(F)c5sc(N)c(C#N)c45)c(F)c3n2)CCCN1C. The van der Waals surface area contributed by atoms with E-state index < -0.39 is 11.6 Å². The highest BCUT2D eigenvalue weighted by atomic mass is 35.5. The number of carbonyl (C=O) groups is 1. The molecule has 4 heterocycles. The second-order valence-corrected chi connectivity index (χ2v) is 13.4. The number of nitrogens with two attached hydrogens (primary N) is 1. The quantitative estimate of drug-likeness (QED) is 0.224. The predicted molar refractivity (Wildman–Crippen MR) is 174 cm³/mol. The Morgan fingerprint density at radius 3 is 2.76 bits per heavy atom. The molecule has 4 aromatic rings. The first-order chi connectivity index (χ1) is 21.6. The Hall–Kier alpha value is -3.79. The average Bonchev–Trinajstić information content (AvgIpc) is 3.56. The molecule has 6 rings (SSSR count). The number of likely N-dealkylation sites (tertiary alicyclic amines) is 1. The van der Waals surface area contributed by atoms with Crippen molar-refractivity contribution in [3.05, 3.63) is 40.4 Å². The zero-order chi connectivity index (χ0) is 32.0. The average molecular weight is 654 g/mol. The van der Waals surface area contributed by atoms with E-state index in [0.717, 1.165) is 50.0 Å². The monoisotopic (exact) mass is 653 g/mol. The van der Waals surface area contributed by atoms with Gasteiger partial charge in [-0.25, -0.2) is 8.78 Å². The van der Waals surface area contributed by atoms with Crippen molar-refractivity contribution in [2.24, 2.45) is 0 Å². The van der Waals surface area contributed by atoms with Gasteiger partial charge in [0.25, 0.3) is 0 Å². The number of benzene rings is 2. The fourth-order valence-electron chi connectivity index (χ4n) is 6.90. The van der Waals surface area contributed by atoms with Crippen LogP contribution in [-0.4, -0.2) is 77.6 Å². The third kappa shape index (κ3) is 5.30. The van der Waals surface area contributed by atoms with Crippen LogP contribution < -0.4 is 15.4 Å². The number of rotatable bonds is 8. The Morgan fingerprint density at radius 2 is 2.09 bits per heavy atom. The summed E-state index contributed by atoms with van der Waals surface area (Å²) in [6.07, 6.45) is 4.78. The molecule has 0 bridgehead atoms. The van der Waals surface area contributed by atoms with E-state index >= 15 is 4.39 Å². The fraction of sp³-hybridized carbons (Fsp3) is 0.438. The first-order valence-electron chi connectivity index (χ1n) is 15.0. The number of hydrogen-bond acceptors (Lipinski definition) is 9. The number of piperazine rings is 1. The van der Waals surface area contributed by atoms with Crippen LogP contribution in [0.15, 0.2) is 18.2 Å². The number of amides is 1. The number of likely N-dealkylation sites (N-methyl/N-ethyl adjacent to an activating group) is 1. The molecule has 0 spiro atoms. The molecule has 2 saturated heterocycles. The lowest BCUT2D eigenvalue weighted by molar-refractivity contribution is -0.118. The molecule has 2 aromatic carbocycles. The van der Waals surface area contributed by atoms with E-state index in [-0.39, 0.29) is 59.9 Å². The summed E-state index contributed by atoms with van der Waals surface area (Å²) in [7, 11) is 2.09. The van der Waals surface area contributed by atoms with Gasteiger partial charge in [-0.1, -0.05) is 31.0 Å². The van der Waals surface area contributed by atoms with Crippen LogP contribution in [0.2, 0.25) is 5.02 Å². The van der Waals surface area contributed by atoms with Crippen LogP contribution in [0.5, 0.6) is 6.01 Å². The molecular weight excluding hydrogens is 620 g/mol. The van der Waals surface area contributed by atoms with E-state index in [1.165, 1.54) is 12.1 Å². The number of carbonyl (C=O) groups excluding carboxylic acids is 1. The van der Waals surface area contributed by atoms with Crippen LogP contribution in [-0.2, 0) is 4.79 Å². The first-order valence-corrected chi connectivity index (χ1v) is 16.2. The number of thiophene rings is 1. The molecule has 2 unspecified atom stereocenters. The van der Waals surface area contributed by atoms with Gasteiger partial charge in [0, 0.05) is 42.0 Å². The molecule has 0 radical (unpaired) electrons. The smallest absolute Gasteiger partial charge is 0.319 e. The van der Waals surface area contributed by atoms with Crippen molar-refractivity contribution in [3.8, 4) is 23.2 Å². The molecule has 2 aromatic heterocycles. The number of halogens is 3. The highest BCUT2D eigenvalue weighted by molar-refractivity contribution is 7.23. The standard InChI is InChI=1S/C32H34ClF2N7O2S/c1-4-8-32(9-5-10-40(32)3)16-44-31-38-27-20(30(39-31)42-12-11-41(17-43)15-18(42)2)13-22(33)25(26(27)35)19-6-7-23(34)28-24(19)21(14-36)29(37)45-28/h6-7,13,17-18H,4-5,8-12,15-16,37H2,1-3H3. The van der Waals surface area contributed by atoms with Crippen molar-refractivity contribution in [2.75, 3.05) is 50.5 Å². The molecule has 2 atom stereocenters. The van der Waals surface area contributed by atoms with E-state index in [0.29, 0.717) is 37.4 Å². The van der Waals surface area contributed by atoms with E-state index in [1.807, 2.05) is 17.9 Å². The molecule has 9 nitrogen and oxygen atoms in total. The van der Waals surface area contributed by atoms with Gasteiger partial charge in [0.1, 0.15) is 34.8 Å². The van der Waals surface area contributed by atoms with Crippen molar-refractivity contribution < 1.29 is 18.3 Å². The summed E-state index contributed by atoms with van der Waals surface area (Å²) >= 11 is 7.76. The van der Waals surface area contributed by atoms with Gasteiger partial charge in [0.05, 0.1) is 20.8 Å². The van der Waals surface area contributed by atoms with Gasteiger partial charge >= 0.3 is 6.01 Å². The minimum Gasteiger partial charge on any atom is -0.461 e. The second-order valence-electron chi connectivity index (χ2n) is 12.0. The Balaban J connectivity index is 1.54. The third-order valence-corrected chi connectivity index (χ3v) is 10.6. The molecule has 1 amide bonds. The molecule has 13 heteroatoms. The summed E-state index contributed by atoms with van der Waals surface area (Å²) < 4.78 is 38.2. The number of ether oxygens (including phenoxy) is 1. The van der Waals surface area contributed by atoms with Gasteiger partial charge in [0.15, 0.2) is 5.82 Å². The molecule has 2 aliphatic rings. The van der Waals surface area contributed by atoms with Crippen LogP contribution >= 0.6 is 22.9 Å². The van der Waals surface area contributed by atoms with Gasteiger partial charge < -0.3 is 20.3 Å². The van der Waals surface area contributed by atoms with Crippen molar-refractivity contribution >= 4 is 61.2 Å². The lowest BCUT2D eigenvalue weighted by Crippen LogP contribution is -2.51. The van der Waals surface area contributed by atoms with Crippen molar-refractivity contribution in [3.63, 3.8) is 0 Å². The zero-order valence-electron chi connectivity index (χ0n) is 25.4. The number of nitrogens with zero attached hydrogens (tertiary/aromatic N) is 6. The number of nitriles is 1. The number of fused-ring (bicyclic) bond motifs is 2. The van der Waals surface area contributed by atoms with Gasteiger partial charge in [-0.2, -0.15) is 15.2 Å². The van der Waals surface area contributed by atoms with Crippen LogP contribution in [0.1, 0.15) is 45.1 Å². The number of aromatic nitrogens is 2. The van der Waals surface area contributed by atoms with Gasteiger partial charge in [-0.15, -0.1) is 11.3 Å².